The summed E-state index contributed by atoms with van der Waals surface area (Å²) in [6, 6.07) is 3.84. The molecule has 0 spiro atoms. The molecule has 1 amide bonds. The number of rotatable bonds is 4. The van der Waals surface area contributed by atoms with Crippen LogP contribution in [0.4, 0.5) is 4.39 Å². The molecule has 1 aromatic rings. The molecule has 1 rings (SSSR count). The van der Waals surface area contributed by atoms with Crippen LogP contribution in [0.3, 0.4) is 0 Å². The second-order valence-corrected chi connectivity index (χ2v) is 4.56. The molecule has 0 fully saturated rings. The van der Waals surface area contributed by atoms with Crippen LogP contribution in [0.25, 0.3) is 0 Å². The van der Waals surface area contributed by atoms with E-state index >= 15 is 0 Å². The largest absolute Gasteiger partial charge is 0.468 e. The minimum atomic E-state index is -0.504. The third-order valence-electron chi connectivity index (χ3n) is 2.84. The lowest BCUT2D eigenvalue weighted by molar-refractivity contribution is -0.141. The van der Waals surface area contributed by atoms with Crippen molar-refractivity contribution in [1.29, 1.82) is 0 Å². The van der Waals surface area contributed by atoms with Crippen molar-refractivity contribution in [3.8, 4) is 0 Å². The molecule has 0 unspecified atom stereocenters. The average Bonchev–Trinajstić information content (AvgIpc) is 2.37. The lowest BCUT2D eigenvalue weighted by Gasteiger charge is -2.26. The van der Waals surface area contributed by atoms with Crippen molar-refractivity contribution in [3.05, 3.63) is 35.1 Å². The Labute approximate surface area is 112 Å². The molecular weight excluding hydrogens is 249 g/mol. The molecule has 104 valence electrons. The van der Waals surface area contributed by atoms with Crippen LogP contribution < -0.4 is 0 Å². The summed E-state index contributed by atoms with van der Waals surface area (Å²) in [7, 11) is 1.26. The van der Waals surface area contributed by atoms with Gasteiger partial charge in [0.25, 0.3) is 5.91 Å². The first-order chi connectivity index (χ1) is 8.86. The maximum Gasteiger partial charge on any atom is 0.325 e. The number of nitrogens with zero attached hydrogens (tertiary/aromatic N) is 1. The Morgan fingerprint density at radius 2 is 2.00 bits per heavy atom. The van der Waals surface area contributed by atoms with Gasteiger partial charge in [-0.05, 0) is 38.5 Å². The Morgan fingerprint density at radius 3 is 2.53 bits per heavy atom. The second kappa shape index (κ2) is 6.31. The average molecular weight is 267 g/mol. The fourth-order valence-corrected chi connectivity index (χ4v) is 1.67. The van der Waals surface area contributed by atoms with E-state index in [4.69, 9.17) is 0 Å². The molecule has 4 nitrogen and oxygen atoms in total. The van der Waals surface area contributed by atoms with Gasteiger partial charge in [0.05, 0.1) is 7.11 Å². The van der Waals surface area contributed by atoms with Crippen LogP contribution in [0.2, 0.25) is 0 Å². The zero-order valence-electron chi connectivity index (χ0n) is 11.6. The number of carbonyl (C=O) groups excluding carboxylic acids is 2. The topological polar surface area (TPSA) is 46.6 Å². The predicted octanol–water partition coefficient (Wildman–Crippen LogP) is 2.16. The van der Waals surface area contributed by atoms with Gasteiger partial charge in [-0.1, -0.05) is 6.07 Å². The molecule has 0 saturated heterocycles. The number of methoxy groups -OCH3 is 1. The normalized spacial score (nSPS) is 10.4. The van der Waals surface area contributed by atoms with Crippen LogP contribution >= 0.6 is 0 Å². The van der Waals surface area contributed by atoms with E-state index in [1.807, 2.05) is 0 Å². The van der Waals surface area contributed by atoms with Crippen LogP contribution in [0, 0.1) is 12.7 Å². The number of amides is 1. The van der Waals surface area contributed by atoms with Gasteiger partial charge in [0.2, 0.25) is 0 Å². The standard InChI is InChI=1S/C14H18FNO3/c1-9(2)16(8-13(17)19-4)14(18)12-7-11(15)6-5-10(12)3/h5-7,9H,8H2,1-4H3. The van der Waals surface area contributed by atoms with E-state index in [1.54, 1.807) is 26.8 Å². The highest BCUT2D eigenvalue weighted by Gasteiger charge is 2.23. The maximum absolute atomic E-state index is 13.2. The van der Waals surface area contributed by atoms with Crippen molar-refractivity contribution in [1.82, 2.24) is 4.90 Å². The first-order valence-electron chi connectivity index (χ1n) is 6.00. The molecule has 1 aromatic carbocycles. The first-order valence-corrected chi connectivity index (χ1v) is 6.00. The molecule has 0 aromatic heterocycles. The van der Waals surface area contributed by atoms with Crippen molar-refractivity contribution >= 4 is 11.9 Å². The molecule has 0 atom stereocenters. The lowest BCUT2D eigenvalue weighted by atomic mass is 10.1. The molecule has 0 aliphatic heterocycles. The van der Waals surface area contributed by atoms with E-state index in [0.717, 1.165) is 0 Å². The number of benzene rings is 1. The summed E-state index contributed by atoms with van der Waals surface area (Å²) in [6.07, 6.45) is 0. The quantitative estimate of drug-likeness (QED) is 0.785. The summed E-state index contributed by atoms with van der Waals surface area (Å²) in [5.74, 6) is -1.36. The summed E-state index contributed by atoms with van der Waals surface area (Å²) >= 11 is 0. The van der Waals surface area contributed by atoms with E-state index in [0.29, 0.717) is 5.56 Å². The molecule has 5 heteroatoms. The Hall–Kier alpha value is -1.91. The van der Waals surface area contributed by atoms with Gasteiger partial charge < -0.3 is 9.64 Å². The number of carbonyl (C=O) groups is 2. The van der Waals surface area contributed by atoms with E-state index in [9.17, 15) is 14.0 Å². The number of hydrogen-bond acceptors (Lipinski definition) is 3. The second-order valence-electron chi connectivity index (χ2n) is 4.56. The molecule has 0 aliphatic rings. The molecule has 0 saturated carbocycles. The summed E-state index contributed by atoms with van der Waals surface area (Å²) in [6.45, 7) is 5.15. The monoisotopic (exact) mass is 267 g/mol. The van der Waals surface area contributed by atoms with Crippen molar-refractivity contribution in [2.75, 3.05) is 13.7 Å². The molecule has 19 heavy (non-hydrogen) atoms. The van der Waals surface area contributed by atoms with Gasteiger partial charge >= 0.3 is 5.97 Å². The predicted molar refractivity (Wildman–Crippen MR) is 69.3 cm³/mol. The Bertz CT molecular complexity index is 486. The summed E-state index contributed by atoms with van der Waals surface area (Å²) < 4.78 is 17.8. The van der Waals surface area contributed by atoms with Crippen LogP contribution in [0.1, 0.15) is 29.8 Å². The van der Waals surface area contributed by atoms with E-state index in [-0.39, 0.29) is 24.1 Å². The number of ether oxygens (including phenoxy) is 1. The maximum atomic E-state index is 13.2. The zero-order chi connectivity index (χ0) is 14.6. The third-order valence-corrected chi connectivity index (χ3v) is 2.84. The van der Waals surface area contributed by atoms with Gasteiger partial charge in [-0.2, -0.15) is 0 Å². The molecule has 0 aliphatic carbocycles. The first kappa shape index (κ1) is 15.1. The molecule has 0 N–H and O–H groups in total. The molecule has 0 heterocycles. The Morgan fingerprint density at radius 1 is 1.37 bits per heavy atom. The molecular formula is C14H18FNO3. The van der Waals surface area contributed by atoms with Gasteiger partial charge in [-0.15, -0.1) is 0 Å². The van der Waals surface area contributed by atoms with Gasteiger partial charge in [-0.25, -0.2) is 4.39 Å². The number of hydrogen-bond donors (Lipinski definition) is 0. The summed E-state index contributed by atoms with van der Waals surface area (Å²) in [5, 5.41) is 0. The van der Waals surface area contributed by atoms with Crippen molar-refractivity contribution in [2.45, 2.75) is 26.8 Å². The van der Waals surface area contributed by atoms with Gasteiger partial charge in [-0.3, -0.25) is 9.59 Å². The summed E-state index contributed by atoms with van der Waals surface area (Å²) in [4.78, 5) is 25.0. The fourth-order valence-electron chi connectivity index (χ4n) is 1.67. The van der Waals surface area contributed by atoms with Gasteiger partial charge in [0, 0.05) is 11.6 Å². The van der Waals surface area contributed by atoms with Gasteiger partial charge in [0.1, 0.15) is 12.4 Å². The summed E-state index contributed by atoms with van der Waals surface area (Å²) in [5.41, 5.74) is 0.930. The van der Waals surface area contributed by atoms with Crippen molar-refractivity contribution in [2.24, 2.45) is 0 Å². The lowest BCUT2D eigenvalue weighted by Crippen LogP contribution is -2.41. The van der Waals surface area contributed by atoms with Crippen LogP contribution in [-0.4, -0.2) is 36.5 Å². The number of halogens is 1. The Kier molecular flexibility index (Phi) is 5.03. The highest BCUT2D eigenvalue weighted by molar-refractivity contribution is 5.97. The van der Waals surface area contributed by atoms with E-state index < -0.39 is 11.8 Å². The Balaban J connectivity index is 3.05. The molecule has 0 radical (unpaired) electrons. The highest BCUT2D eigenvalue weighted by Crippen LogP contribution is 2.15. The molecule has 0 bridgehead atoms. The van der Waals surface area contributed by atoms with Crippen LogP contribution in [0.5, 0.6) is 0 Å². The van der Waals surface area contributed by atoms with Crippen molar-refractivity contribution < 1.29 is 18.7 Å². The van der Waals surface area contributed by atoms with Crippen LogP contribution in [-0.2, 0) is 9.53 Å². The minimum absolute atomic E-state index is 0.150. The van der Waals surface area contributed by atoms with Crippen LogP contribution in [0.15, 0.2) is 18.2 Å². The number of esters is 1. The third kappa shape index (κ3) is 3.77. The van der Waals surface area contributed by atoms with E-state index in [2.05, 4.69) is 4.74 Å². The van der Waals surface area contributed by atoms with E-state index in [1.165, 1.54) is 24.1 Å². The SMILES string of the molecule is COC(=O)CN(C(=O)c1cc(F)ccc1C)C(C)C. The fraction of sp³-hybridized carbons (Fsp3) is 0.429. The number of aryl methyl sites for hydroxylation is 1. The zero-order valence-corrected chi connectivity index (χ0v) is 11.6. The smallest absolute Gasteiger partial charge is 0.325 e. The minimum Gasteiger partial charge on any atom is -0.468 e. The van der Waals surface area contributed by atoms with Gasteiger partial charge in [0.15, 0.2) is 0 Å². The highest BCUT2D eigenvalue weighted by atomic mass is 19.1. The van der Waals surface area contributed by atoms with Crippen molar-refractivity contribution in [3.63, 3.8) is 0 Å².